The van der Waals surface area contributed by atoms with Gasteiger partial charge >= 0.3 is 0 Å². The second-order valence-corrected chi connectivity index (χ2v) is 6.35. The van der Waals surface area contributed by atoms with Gasteiger partial charge in [-0.25, -0.2) is 14.6 Å². The first-order valence-electron chi connectivity index (χ1n) is 8.39. The molecule has 3 aromatic rings. The third-order valence-electron chi connectivity index (χ3n) is 4.38. The van der Waals surface area contributed by atoms with E-state index >= 15 is 0 Å². The average molecular weight is 339 g/mol. The molecule has 0 unspecified atom stereocenters. The molecule has 7 nitrogen and oxygen atoms in total. The van der Waals surface area contributed by atoms with Crippen molar-refractivity contribution in [3.05, 3.63) is 36.8 Å². The number of benzene rings is 1. The molecule has 2 atom stereocenters. The molecular formula is C18H21N5O2. The quantitative estimate of drug-likeness (QED) is 0.730. The lowest BCUT2D eigenvalue weighted by molar-refractivity contribution is -0.00537. The molecule has 0 radical (unpaired) electrons. The van der Waals surface area contributed by atoms with Crippen molar-refractivity contribution >= 4 is 16.9 Å². The van der Waals surface area contributed by atoms with Gasteiger partial charge in [0.15, 0.2) is 5.65 Å². The summed E-state index contributed by atoms with van der Waals surface area (Å²) in [5, 5.41) is 5.47. The Morgan fingerprint density at radius 2 is 1.80 bits per heavy atom. The van der Waals surface area contributed by atoms with Crippen molar-refractivity contribution in [2.45, 2.75) is 26.1 Å². The largest absolute Gasteiger partial charge is 0.497 e. The van der Waals surface area contributed by atoms with E-state index in [-0.39, 0.29) is 12.2 Å². The summed E-state index contributed by atoms with van der Waals surface area (Å²) in [6, 6.07) is 7.75. The molecule has 25 heavy (non-hydrogen) atoms. The number of fused-ring (bicyclic) bond motifs is 1. The highest BCUT2D eigenvalue weighted by molar-refractivity contribution is 5.87. The van der Waals surface area contributed by atoms with Gasteiger partial charge in [-0.05, 0) is 38.1 Å². The number of nitrogens with zero attached hydrogens (tertiary/aromatic N) is 5. The van der Waals surface area contributed by atoms with E-state index in [1.807, 2.05) is 35.1 Å². The Balaban J connectivity index is 1.75. The summed E-state index contributed by atoms with van der Waals surface area (Å²) >= 11 is 0. The van der Waals surface area contributed by atoms with E-state index < -0.39 is 0 Å². The van der Waals surface area contributed by atoms with Crippen LogP contribution in [0.25, 0.3) is 16.7 Å². The fourth-order valence-corrected chi connectivity index (χ4v) is 3.35. The minimum Gasteiger partial charge on any atom is -0.497 e. The topological polar surface area (TPSA) is 65.3 Å². The molecule has 1 aromatic carbocycles. The first-order valence-corrected chi connectivity index (χ1v) is 8.39. The number of morpholine rings is 1. The van der Waals surface area contributed by atoms with Gasteiger partial charge < -0.3 is 14.4 Å². The molecule has 1 saturated heterocycles. The van der Waals surface area contributed by atoms with E-state index in [0.29, 0.717) is 0 Å². The summed E-state index contributed by atoms with van der Waals surface area (Å²) in [5.74, 6) is 1.72. The molecule has 4 rings (SSSR count). The van der Waals surface area contributed by atoms with Crippen molar-refractivity contribution < 1.29 is 9.47 Å². The third-order valence-corrected chi connectivity index (χ3v) is 4.38. The lowest BCUT2D eigenvalue weighted by atomic mass is 10.2. The third kappa shape index (κ3) is 2.91. The molecule has 0 amide bonds. The molecule has 1 fully saturated rings. The van der Waals surface area contributed by atoms with Crippen LogP contribution in [0.3, 0.4) is 0 Å². The van der Waals surface area contributed by atoms with Gasteiger partial charge in [-0.1, -0.05) is 0 Å². The molecule has 7 heteroatoms. The van der Waals surface area contributed by atoms with Crippen LogP contribution in [-0.4, -0.2) is 52.2 Å². The predicted octanol–water partition coefficient (Wildman–Crippen LogP) is 2.44. The van der Waals surface area contributed by atoms with Crippen LogP contribution in [-0.2, 0) is 4.74 Å². The van der Waals surface area contributed by atoms with Gasteiger partial charge in [0.25, 0.3) is 0 Å². The van der Waals surface area contributed by atoms with E-state index in [2.05, 4.69) is 33.8 Å². The van der Waals surface area contributed by atoms with E-state index in [0.717, 1.165) is 41.4 Å². The zero-order valence-corrected chi connectivity index (χ0v) is 14.6. The Morgan fingerprint density at radius 1 is 1.08 bits per heavy atom. The summed E-state index contributed by atoms with van der Waals surface area (Å²) in [6.45, 7) is 5.79. The van der Waals surface area contributed by atoms with Crippen LogP contribution in [0, 0.1) is 0 Å². The summed E-state index contributed by atoms with van der Waals surface area (Å²) in [7, 11) is 1.65. The van der Waals surface area contributed by atoms with Gasteiger partial charge in [0.1, 0.15) is 17.9 Å². The smallest absolute Gasteiger partial charge is 0.168 e. The molecule has 130 valence electrons. The zero-order chi connectivity index (χ0) is 17.4. The minimum absolute atomic E-state index is 0.172. The van der Waals surface area contributed by atoms with Crippen molar-refractivity contribution in [2.75, 3.05) is 25.1 Å². The molecule has 1 aliphatic heterocycles. The number of ether oxygens (including phenoxy) is 2. The summed E-state index contributed by atoms with van der Waals surface area (Å²) in [6.07, 6.45) is 3.78. The summed E-state index contributed by atoms with van der Waals surface area (Å²) in [5.41, 5.74) is 1.73. The van der Waals surface area contributed by atoms with Gasteiger partial charge in [0, 0.05) is 13.1 Å². The maximum atomic E-state index is 5.83. The maximum absolute atomic E-state index is 5.83. The normalized spacial score (nSPS) is 20.8. The predicted molar refractivity (Wildman–Crippen MR) is 95.4 cm³/mol. The van der Waals surface area contributed by atoms with E-state index in [1.54, 1.807) is 13.4 Å². The number of hydrogen-bond donors (Lipinski definition) is 0. The summed E-state index contributed by atoms with van der Waals surface area (Å²) < 4.78 is 12.9. The highest BCUT2D eigenvalue weighted by Crippen LogP contribution is 2.27. The van der Waals surface area contributed by atoms with E-state index in [4.69, 9.17) is 9.47 Å². The van der Waals surface area contributed by atoms with Gasteiger partial charge in [-0.3, -0.25) is 0 Å². The van der Waals surface area contributed by atoms with Gasteiger partial charge in [-0.15, -0.1) is 0 Å². The Morgan fingerprint density at radius 3 is 2.48 bits per heavy atom. The van der Waals surface area contributed by atoms with Crippen LogP contribution in [0.5, 0.6) is 5.75 Å². The Labute approximate surface area is 146 Å². The molecule has 0 bridgehead atoms. The lowest BCUT2D eigenvalue weighted by Gasteiger charge is -2.36. The van der Waals surface area contributed by atoms with Crippen LogP contribution in [0.2, 0.25) is 0 Å². The average Bonchev–Trinajstić information content (AvgIpc) is 3.05. The van der Waals surface area contributed by atoms with E-state index in [1.165, 1.54) is 0 Å². The molecule has 1 aliphatic rings. The SMILES string of the molecule is COc1ccc(-n2ncc3c(N4C[C@@H](C)O[C@H](C)C4)ncnc32)cc1. The number of anilines is 1. The highest BCUT2D eigenvalue weighted by atomic mass is 16.5. The van der Waals surface area contributed by atoms with Crippen molar-refractivity contribution in [3.8, 4) is 11.4 Å². The molecule has 0 N–H and O–H groups in total. The number of hydrogen-bond acceptors (Lipinski definition) is 6. The first kappa shape index (κ1) is 15.8. The van der Waals surface area contributed by atoms with Crippen molar-refractivity contribution in [1.29, 1.82) is 0 Å². The minimum atomic E-state index is 0.172. The van der Waals surface area contributed by atoms with Crippen molar-refractivity contribution in [2.24, 2.45) is 0 Å². The van der Waals surface area contributed by atoms with E-state index in [9.17, 15) is 0 Å². The standard InChI is InChI=1S/C18H21N5O2/c1-12-9-22(10-13(2)25-12)17-16-8-21-23(18(16)20-11-19-17)14-4-6-15(24-3)7-5-14/h4-8,11-13H,9-10H2,1-3H3/t12-,13-/m1/s1. The molecule has 0 spiro atoms. The second kappa shape index (κ2) is 6.33. The van der Waals surface area contributed by atoms with Crippen LogP contribution in [0.4, 0.5) is 5.82 Å². The van der Waals surface area contributed by atoms with Crippen LogP contribution in [0.1, 0.15) is 13.8 Å². The number of rotatable bonds is 3. The van der Waals surface area contributed by atoms with Crippen LogP contribution in [0.15, 0.2) is 36.8 Å². The summed E-state index contributed by atoms with van der Waals surface area (Å²) in [4.78, 5) is 11.2. The number of aromatic nitrogens is 4. The highest BCUT2D eigenvalue weighted by Gasteiger charge is 2.25. The Bertz CT molecular complexity index is 867. The van der Waals surface area contributed by atoms with Gasteiger partial charge in [0.05, 0.1) is 36.6 Å². The lowest BCUT2D eigenvalue weighted by Crippen LogP contribution is -2.45. The van der Waals surface area contributed by atoms with Crippen molar-refractivity contribution in [3.63, 3.8) is 0 Å². The fourth-order valence-electron chi connectivity index (χ4n) is 3.35. The van der Waals surface area contributed by atoms with Crippen molar-refractivity contribution in [1.82, 2.24) is 19.7 Å². The second-order valence-electron chi connectivity index (χ2n) is 6.35. The first-order chi connectivity index (χ1) is 12.2. The Hall–Kier alpha value is -2.67. The monoisotopic (exact) mass is 339 g/mol. The molecule has 2 aromatic heterocycles. The van der Waals surface area contributed by atoms with Gasteiger partial charge in [0.2, 0.25) is 0 Å². The fraction of sp³-hybridized carbons (Fsp3) is 0.389. The zero-order valence-electron chi connectivity index (χ0n) is 14.6. The van der Waals surface area contributed by atoms with Gasteiger partial charge in [-0.2, -0.15) is 5.10 Å². The molecule has 3 heterocycles. The maximum Gasteiger partial charge on any atom is 0.168 e. The van der Waals surface area contributed by atoms with Crippen LogP contribution < -0.4 is 9.64 Å². The number of methoxy groups -OCH3 is 1. The Kier molecular flexibility index (Phi) is 4.01. The molecular weight excluding hydrogens is 318 g/mol. The van der Waals surface area contributed by atoms with Crippen LogP contribution >= 0.6 is 0 Å². The molecule has 0 aliphatic carbocycles. The molecule has 0 saturated carbocycles.